The third-order valence-electron chi connectivity index (χ3n) is 1.97. The molecule has 2 N–H and O–H groups in total. The predicted molar refractivity (Wildman–Crippen MR) is 67.2 cm³/mol. The molecule has 0 spiro atoms. The maximum Gasteiger partial charge on any atom is 0.154 e. The summed E-state index contributed by atoms with van der Waals surface area (Å²) in [5, 5.41) is 0. The van der Waals surface area contributed by atoms with E-state index in [4.69, 9.17) is 10.5 Å². The number of ether oxygens (including phenoxy) is 1. The van der Waals surface area contributed by atoms with Crippen LogP contribution in [0.1, 0.15) is 34.1 Å². The van der Waals surface area contributed by atoms with Gasteiger partial charge in [0.1, 0.15) is 0 Å². The molecule has 0 aromatic heterocycles. The minimum absolute atomic E-state index is 0.00748. The van der Waals surface area contributed by atoms with E-state index < -0.39 is 15.4 Å². The summed E-state index contributed by atoms with van der Waals surface area (Å²) in [6.07, 6.45) is 0.961. The second-order valence-corrected chi connectivity index (χ2v) is 7.56. The first-order chi connectivity index (χ1) is 7.12. The van der Waals surface area contributed by atoms with E-state index in [-0.39, 0.29) is 18.1 Å². The molecule has 0 saturated heterocycles. The van der Waals surface area contributed by atoms with Crippen molar-refractivity contribution in [3.8, 4) is 0 Å². The summed E-state index contributed by atoms with van der Waals surface area (Å²) in [5.41, 5.74) is 5.00. The average Bonchev–Trinajstić information content (AvgIpc) is 1.97. The summed E-state index contributed by atoms with van der Waals surface area (Å²) in [5.74, 6) is 0.652. The zero-order valence-electron chi connectivity index (χ0n) is 10.8. The Morgan fingerprint density at radius 1 is 1.25 bits per heavy atom. The fraction of sp³-hybridized carbons (Fsp3) is 1.00. The van der Waals surface area contributed by atoms with Crippen molar-refractivity contribution in [2.75, 3.05) is 24.7 Å². The molecule has 98 valence electrons. The van der Waals surface area contributed by atoms with Crippen LogP contribution in [-0.4, -0.2) is 38.7 Å². The van der Waals surface area contributed by atoms with Crippen LogP contribution in [0.3, 0.4) is 0 Å². The van der Waals surface area contributed by atoms with Gasteiger partial charge in [-0.15, -0.1) is 0 Å². The van der Waals surface area contributed by atoms with Crippen LogP contribution in [0.15, 0.2) is 0 Å². The fourth-order valence-corrected chi connectivity index (χ4v) is 2.90. The summed E-state index contributed by atoms with van der Waals surface area (Å²) in [7, 11) is -3.09. The molecule has 5 heteroatoms. The van der Waals surface area contributed by atoms with Crippen molar-refractivity contribution in [1.82, 2.24) is 0 Å². The van der Waals surface area contributed by atoms with E-state index in [1.165, 1.54) is 0 Å². The molecule has 0 bridgehead atoms. The SMILES string of the molecule is CC(C)CCOCCS(=O)(=O)CC(C)(C)N. The molecule has 0 aliphatic rings. The van der Waals surface area contributed by atoms with Crippen molar-refractivity contribution in [3.63, 3.8) is 0 Å². The first kappa shape index (κ1) is 15.9. The lowest BCUT2D eigenvalue weighted by Gasteiger charge is -2.18. The summed E-state index contributed by atoms with van der Waals surface area (Å²) in [4.78, 5) is 0. The zero-order chi connectivity index (χ0) is 12.8. The molecule has 16 heavy (non-hydrogen) atoms. The second-order valence-electron chi connectivity index (χ2n) is 5.38. The van der Waals surface area contributed by atoms with Crippen molar-refractivity contribution < 1.29 is 13.2 Å². The Bertz CT molecular complexity index is 278. The minimum atomic E-state index is -3.09. The monoisotopic (exact) mass is 251 g/mol. The summed E-state index contributed by atoms with van der Waals surface area (Å²) in [6.45, 7) is 8.53. The minimum Gasteiger partial charge on any atom is -0.380 e. The fourth-order valence-electron chi connectivity index (χ4n) is 1.25. The van der Waals surface area contributed by atoms with Crippen LogP contribution in [-0.2, 0) is 14.6 Å². The average molecular weight is 251 g/mol. The highest BCUT2D eigenvalue weighted by atomic mass is 32.2. The van der Waals surface area contributed by atoms with E-state index in [1.54, 1.807) is 13.8 Å². The normalized spacial score (nSPS) is 13.4. The Morgan fingerprint density at radius 3 is 2.25 bits per heavy atom. The van der Waals surface area contributed by atoms with E-state index in [2.05, 4.69) is 13.8 Å². The van der Waals surface area contributed by atoms with E-state index in [1.807, 2.05) is 0 Å². The third kappa shape index (κ3) is 10.4. The van der Waals surface area contributed by atoms with Crippen LogP contribution in [0, 0.1) is 5.92 Å². The zero-order valence-corrected chi connectivity index (χ0v) is 11.6. The Morgan fingerprint density at radius 2 is 1.81 bits per heavy atom. The molecule has 4 nitrogen and oxygen atoms in total. The van der Waals surface area contributed by atoms with Crippen LogP contribution >= 0.6 is 0 Å². The lowest BCUT2D eigenvalue weighted by Crippen LogP contribution is -2.41. The van der Waals surface area contributed by atoms with Crippen molar-refractivity contribution in [2.24, 2.45) is 11.7 Å². The van der Waals surface area contributed by atoms with Gasteiger partial charge in [-0.25, -0.2) is 8.42 Å². The first-order valence-corrected chi connectivity index (χ1v) is 7.51. The molecule has 0 radical (unpaired) electrons. The molecule has 0 aromatic carbocycles. The van der Waals surface area contributed by atoms with Gasteiger partial charge in [0.25, 0.3) is 0 Å². The highest BCUT2D eigenvalue weighted by Crippen LogP contribution is 2.04. The molecule has 0 fully saturated rings. The number of hydrogen-bond donors (Lipinski definition) is 1. The molecule has 0 atom stereocenters. The highest BCUT2D eigenvalue weighted by molar-refractivity contribution is 7.91. The van der Waals surface area contributed by atoms with E-state index in [0.29, 0.717) is 12.5 Å². The molecule has 0 saturated carbocycles. The molecular weight excluding hydrogens is 226 g/mol. The predicted octanol–water partition coefficient (Wildman–Crippen LogP) is 1.20. The van der Waals surface area contributed by atoms with Gasteiger partial charge >= 0.3 is 0 Å². The van der Waals surface area contributed by atoms with Gasteiger partial charge in [-0.3, -0.25) is 0 Å². The Hall–Kier alpha value is -0.130. The quantitative estimate of drug-likeness (QED) is 0.658. The number of rotatable bonds is 8. The molecule has 0 heterocycles. The van der Waals surface area contributed by atoms with Gasteiger partial charge in [0.05, 0.1) is 18.1 Å². The van der Waals surface area contributed by atoms with Crippen molar-refractivity contribution in [3.05, 3.63) is 0 Å². The van der Waals surface area contributed by atoms with Gasteiger partial charge < -0.3 is 10.5 Å². The lowest BCUT2D eigenvalue weighted by atomic mass is 10.1. The highest BCUT2D eigenvalue weighted by Gasteiger charge is 2.21. The summed E-state index contributed by atoms with van der Waals surface area (Å²) in [6, 6.07) is 0. The number of hydrogen-bond acceptors (Lipinski definition) is 4. The molecular formula is C11H25NO3S. The van der Waals surface area contributed by atoms with E-state index in [0.717, 1.165) is 6.42 Å². The Kier molecular flexibility index (Phi) is 6.51. The van der Waals surface area contributed by atoms with Crippen LogP contribution in [0.2, 0.25) is 0 Å². The van der Waals surface area contributed by atoms with Gasteiger partial charge in [0, 0.05) is 12.1 Å². The van der Waals surface area contributed by atoms with E-state index in [9.17, 15) is 8.42 Å². The largest absolute Gasteiger partial charge is 0.380 e. The van der Waals surface area contributed by atoms with Gasteiger partial charge in [-0.1, -0.05) is 13.8 Å². The van der Waals surface area contributed by atoms with Crippen molar-refractivity contribution in [1.29, 1.82) is 0 Å². The smallest absolute Gasteiger partial charge is 0.154 e. The number of nitrogens with two attached hydrogens (primary N) is 1. The molecule has 0 aliphatic heterocycles. The third-order valence-corrected chi connectivity index (χ3v) is 3.94. The van der Waals surface area contributed by atoms with Crippen LogP contribution in [0.25, 0.3) is 0 Å². The van der Waals surface area contributed by atoms with Gasteiger partial charge in [0.15, 0.2) is 9.84 Å². The molecule has 0 aliphatic carbocycles. The van der Waals surface area contributed by atoms with Crippen molar-refractivity contribution in [2.45, 2.75) is 39.7 Å². The topological polar surface area (TPSA) is 69.4 Å². The molecule has 0 rings (SSSR count). The van der Waals surface area contributed by atoms with Gasteiger partial charge in [0.2, 0.25) is 0 Å². The van der Waals surface area contributed by atoms with Crippen molar-refractivity contribution >= 4 is 9.84 Å². The Labute approximate surface area is 99.5 Å². The molecule has 0 aromatic rings. The maximum absolute atomic E-state index is 11.6. The van der Waals surface area contributed by atoms with Crippen LogP contribution < -0.4 is 5.73 Å². The van der Waals surface area contributed by atoms with E-state index >= 15 is 0 Å². The van der Waals surface area contributed by atoms with Crippen LogP contribution in [0.4, 0.5) is 0 Å². The van der Waals surface area contributed by atoms with Gasteiger partial charge in [-0.05, 0) is 26.2 Å². The molecule has 0 amide bonds. The first-order valence-electron chi connectivity index (χ1n) is 5.69. The Balaban J connectivity index is 3.76. The second kappa shape index (κ2) is 6.57. The summed E-state index contributed by atoms with van der Waals surface area (Å²) >= 11 is 0. The maximum atomic E-state index is 11.6. The molecule has 0 unspecified atom stereocenters. The summed E-state index contributed by atoms with van der Waals surface area (Å²) < 4.78 is 28.4. The lowest BCUT2D eigenvalue weighted by molar-refractivity contribution is 0.137. The number of sulfone groups is 1. The van der Waals surface area contributed by atoms with Crippen LogP contribution in [0.5, 0.6) is 0 Å². The standard InChI is InChI=1S/C11H25NO3S/c1-10(2)5-6-15-7-8-16(13,14)9-11(3,4)12/h10H,5-9,12H2,1-4H3. The van der Waals surface area contributed by atoms with Gasteiger partial charge in [-0.2, -0.15) is 0 Å².